The Morgan fingerprint density at radius 1 is 1.20 bits per heavy atom. The van der Waals surface area contributed by atoms with Crippen LogP contribution in [0.5, 0.6) is 0 Å². The van der Waals surface area contributed by atoms with Gasteiger partial charge in [-0.15, -0.1) is 5.10 Å². The van der Waals surface area contributed by atoms with Gasteiger partial charge in [0.15, 0.2) is 0 Å². The molecule has 35 heavy (non-hydrogen) atoms. The fourth-order valence-electron chi connectivity index (χ4n) is 4.66. The number of carbonyl (C=O) groups is 1. The highest BCUT2D eigenvalue weighted by molar-refractivity contribution is 7.89. The molecule has 1 unspecified atom stereocenters. The second kappa shape index (κ2) is 10.7. The molecular formula is C26H32N4O4S. The number of carboxylic acid groups (broad SMARTS) is 1. The molecule has 8 nitrogen and oxygen atoms in total. The first-order chi connectivity index (χ1) is 16.8. The molecule has 1 aliphatic heterocycles. The Morgan fingerprint density at radius 2 is 2.00 bits per heavy atom. The maximum Gasteiger partial charge on any atom is 0.303 e. The highest BCUT2D eigenvalue weighted by Crippen LogP contribution is 2.30. The summed E-state index contributed by atoms with van der Waals surface area (Å²) in [5.74, 6) is -1.07. The number of benzene rings is 2. The summed E-state index contributed by atoms with van der Waals surface area (Å²) in [6.45, 7) is 5.40. The van der Waals surface area contributed by atoms with Crippen LogP contribution in [0.4, 0.5) is 0 Å². The van der Waals surface area contributed by atoms with Gasteiger partial charge in [-0.3, -0.25) is 9.48 Å². The average molecular weight is 497 g/mol. The third-order valence-corrected chi connectivity index (χ3v) is 8.66. The molecule has 3 aromatic rings. The van der Waals surface area contributed by atoms with E-state index in [4.69, 9.17) is 0 Å². The van der Waals surface area contributed by atoms with Crippen molar-refractivity contribution >= 4 is 16.0 Å². The SMILES string of the molecule is CCn1cc(CCC(CC(=O)O)c2ccc(C)c(CN3CCCc4ccccc4S3(=O)=O)c2)nn1. The first-order valence-electron chi connectivity index (χ1n) is 12.1. The molecule has 2 aromatic carbocycles. The maximum atomic E-state index is 13.4. The van der Waals surface area contributed by atoms with Crippen LogP contribution in [0.1, 0.15) is 60.1 Å². The molecule has 0 amide bonds. The number of hydrogen-bond donors (Lipinski definition) is 1. The van der Waals surface area contributed by atoms with Crippen LogP contribution in [0.2, 0.25) is 0 Å². The van der Waals surface area contributed by atoms with E-state index in [2.05, 4.69) is 10.3 Å². The summed E-state index contributed by atoms with van der Waals surface area (Å²) in [6, 6.07) is 13.1. The minimum Gasteiger partial charge on any atom is -0.481 e. The zero-order valence-corrected chi connectivity index (χ0v) is 21.0. The lowest BCUT2D eigenvalue weighted by atomic mass is 9.88. The fourth-order valence-corrected chi connectivity index (χ4v) is 6.37. The molecule has 0 aliphatic carbocycles. The molecule has 0 saturated carbocycles. The van der Waals surface area contributed by atoms with E-state index in [1.807, 2.05) is 50.4 Å². The van der Waals surface area contributed by atoms with E-state index in [0.29, 0.717) is 24.3 Å². The quantitative estimate of drug-likeness (QED) is 0.481. The second-order valence-electron chi connectivity index (χ2n) is 9.13. The molecule has 0 spiro atoms. The smallest absolute Gasteiger partial charge is 0.303 e. The number of rotatable bonds is 9. The van der Waals surface area contributed by atoms with Crippen LogP contribution in [0, 0.1) is 6.92 Å². The molecule has 1 atom stereocenters. The van der Waals surface area contributed by atoms with Crippen LogP contribution in [-0.2, 0) is 40.7 Å². The monoisotopic (exact) mass is 496 g/mol. The fraction of sp³-hybridized carbons (Fsp3) is 0.423. The van der Waals surface area contributed by atoms with Crippen LogP contribution >= 0.6 is 0 Å². The lowest BCUT2D eigenvalue weighted by molar-refractivity contribution is -0.137. The van der Waals surface area contributed by atoms with Crippen molar-refractivity contribution < 1.29 is 18.3 Å². The molecule has 0 fully saturated rings. The molecule has 1 N–H and O–H groups in total. The standard InChI is InChI=1S/C26H32N4O4S/c1-3-29-18-24(27-28-29)13-12-22(16-26(31)32)21-11-10-19(2)23(15-21)17-30-14-6-8-20-7-4-5-9-25(20)35(30,33)34/h4-5,7,9-11,15,18,22H,3,6,8,12-14,16-17H2,1-2H3,(H,31,32). The van der Waals surface area contributed by atoms with Crippen LogP contribution in [0.3, 0.4) is 0 Å². The summed E-state index contributed by atoms with van der Waals surface area (Å²) in [5, 5.41) is 17.8. The molecule has 1 aliphatic rings. The van der Waals surface area contributed by atoms with Gasteiger partial charge in [0.1, 0.15) is 0 Å². The van der Waals surface area contributed by atoms with Gasteiger partial charge in [-0.25, -0.2) is 8.42 Å². The summed E-state index contributed by atoms with van der Waals surface area (Å²) in [6.07, 6.45) is 4.62. The van der Waals surface area contributed by atoms with Crippen molar-refractivity contribution in [3.8, 4) is 0 Å². The highest BCUT2D eigenvalue weighted by Gasteiger charge is 2.30. The number of fused-ring (bicyclic) bond motifs is 1. The van der Waals surface area contributed by atoms with Gasteiger partial charge in [-0.05, 0) is 73.8 Å². The summed E-state index contributed by atoms with van der Waals surface area (Å²) in [5.41, 5.74) is 4.49. The van der Waals surface area contributed by atoms with Crippen LogP contribution in [0.15, 0.2) is 53.6 Å². The Bertz CT molecular complexity index is 1300. The van der Waals surface area contributed by atoms with E-state index in [1.54, 1.807) is 21.1 Å². The Balaban J connectivity index is 1.58. The van der Waals surface area contributed by atoms with Gasteiger partial charge in [0.05, 0.1) is 17.0 Å². The molecule has 0 saturated heterocycles. The number of aliphatic carboxylic acids is 1. The zero-order valence-electron chi connectivity index (χ0n) is 20.2. The van der Waals surface area contributed by atoms with Gasteiger partial charge in [-0.2, -0.15) is 4.31 Å². The van der Waals surface area contributed by atoms with Crippen molar-refractivity contribution in [3.63, 3.8) is 0 Å². The van der Waals surface area contributed by atoms with Crippen molar-refractivity contribution in [2.45, 2.75) is 69.9 Å². The minimum atomic E-state index is -3.61. The molecule has 0 radical (unpaired) electrons. The average Bonchev–Trinajstić information content (AvgIpc) is 3.25. The summed E-state index contributed by atoms with van der Waals surface area (Å²) in [7, 11) is -3.61. The number of carboxylic acids is 1. The van der Waals surface area contributed by atoms with E-state index in [-0.39, 0.29) is 18.9 Å². The number of aryl methyl sites for hydroxylation is 4. The van der Waals surface area contributed by atoms with E-state index in [9.17, 15) is 18.3 Å². The number of nitrogens with zero attached hydrogens (tertiary/aromatic N) is 4. The van der Waals surface area contributed by atoms with Crippen molar-refractivity contribution in [2.75, 3.05) is 6.54 Å². The van der Waals surface area contributed by atoms with Crippen molar-refractivity contribution in [2.24, 2.45) is 0 Å². The summed E-state index contributed by atoms with van der Waals surface area (Å²) < 4.78 is 30.2. The predicted octanol–water partition coefficient (Wildman–Crippen LogP) is 3.93. The van der Waals surface area contributed by atoms with Crippen molar-refractivity contribution in [1.29, 1.82) is 0 Å². The van der Waals surface area contributed by atoms with E-state index < -0.39 is 16.0 Å². The largest absolute Gasteiger partial charge is 0.481 e. The lowest BCUT2D eigenvalue weighted by Gasteiger charge is -2.23. The summed E-state index contributed by atoms with van der Waals surface area (Å²) in [4.78, 5) is 12.0. The Hall–Kier alpha value is -3.04. The lowest BCUT2D eigenvalue weighted by Crippen LogP contribution is -2.31. The third-order valence-electron chi connectivity index (χ3n) is 6.72. The van der Waals surface area contributed by atoms with Gasteiger partial charge in [-0.1, -0.05) is 41.6 Å². The third kappa shape index (κ3) is 5.79. The number of sulfonamides is 1. The van der Waals surface area contributed by atoms with Gasteiger partial charge in [0.2, 0.25) is 10.0 Å². The van der Waals surface area contributed by atoms with Gasteiger partial charge < -0.3 is 5.11 Å². The summed E-state index contributed by atoms with van der Waals surface area (Å²) >= 11 is 0. The van der Waals surface area contributed by atoms with Crippen molar-refractivity contribution in [3.05, 3.63) is 76.6 Å². The second-order valence-corrected chi connectivity index (χ2v) is 11.0. The topological polar surface area (TPSA) is 105 Å². The predicted molar refractivity (Wildman–Crippen MR) is 133 cm³/mol. The molecule has 1 aromatic heterocycles. The van der Waals surface area contributed by atoms with E-state index >= 15 is 0 Å². The van der Waals surface area contributed by atoms with Gasteiger partial charge in [0.25, 0.3) is 0 Å². The minimum absolute atomic E-state index is 0.000194. The Morgan fingerprint density at radius 3 is 2.74 bits per heavy atom. The van der Waals surface area contributed by atoms with E-state index in [1.165, 1.54) is 0 Å². The van der Waals surface area contributed by atoms with Crippen molar-refractivity contribution in [1.82, 2.24) is 19.3 Å². The zero-order chi connectivity index (χ0) is 25.0. The molecular weight excluding hydrogens is 464 g/mol. The normalized spacial score (nSPS) is 16.4. The number of hydrogen-bond acceptors (Lipinski definition) is 5. The molecule has 186 valence electrons. The maximum absolute atomic E-state index is 13.4. The van der Waals surface area contributed by atoms with Gasteiger partial charge in [0, 0.05) is 25.8 Å². The highest BCUT2D eigenvalue weighted by atomic mass is 32.2. The Kier molecular flexibility index (Phi) is 7.66. The van der Waals surface area contributed by atoms with Crippen LogP contribution in [-0.4, -0.2) is 45.3 Å². The van der Waals surface area contributed by atoms with Crippen LogP contribution in [0.25, 0.3) is 0 Å². The van der Waals surface area contributed by atoms with Gasteiger partial charge >= 0.3 is 5.97 Å². The van der Waals surface area contributed by atoms with E-state index in [0.717, 1.165) is 47.3 Å². The first-order valence-corrected chi connectivity index (χ1v) is 13.5. The Labute approximate surface area is 206 Å². The molecule has 2 heterocycles. The first kappa shape index (κ1) is 25.1. The molecule has 9 heteroatoms. The number of aromatic nitrogens is 3. The molecule has 4 rings (SSSR count). The molecule has 0 bridgehead atoms. The van der Waals surface area contributed by atoms with Crippen LogP contribution < -0.4 is 0 Å².